The van der Waals surface area contributed by atoms with Crippen LogP contribution in [0, 0.1) is 0 Å². The first-order chi connectivity index (χ1) is 7.77. The van der Waals surface area contributed by atoms with Crippen LogP contribution in [0.15, 0.2) is 48.5 Å². The normalized spacial score (nSPS) is 10.1. The fraction of sp³-hybridized carbons (Fsp3) is 0.0769. The molecule has 0 aliphatic carbocycles. The Labute approximate surface area is 105 Å². The van der Waals surface area contributed by atoms with Gasteiger partial charge in [0, 0.05) is 15.6 Å². The Kier molecular flexibility index (Phi) is 3.70. The van der Waals surface area contributed by atoms with Gasteiger partial charge in [-0.2, -0.15) is 0 Å². The van der Waals surface area contributed by atoms with Crippen LogP contribution in [-0.4, -0.2) is 0 Å². The minimum Gasteiger partial charge on any atom is -0.489 e. The average Bonchev–Trinajstić information content (AvgIpc) is 2.30. The van der Waals surface area contributed by atoms with Crippen LogP contribution >= 0.6 is 23.2 Å². The Hall–Kier alpha value is -1.18. The lowest BCUT2D eigenvalue weighted by Crippen LogP contribution is -1.96. The summed E-state index contributed by atoms with van der Waals surface area (Å²) in [5, 5.41) is 1.26. The maximum Gasteiger partial charge on any atom is 0.119 e. The Bertz CT molecular complexity index is 448. The molecule has 0 aromatic heterocycles. The maximum absolute atomic E-state index is 6.03. The Balaban J connectivity index is 2.11. The first-order valence-corrected chi connectivity index (χ1v) is 5.63. The van der Waals surface area contributed by atoms with Gasteiger partial charge in [-0.1, -0.05) is 47.5 Å². The summed E-state index contributed by atoms with van der Waals surface area (Å²) in [4.78, 5) is 0. The second-order valence-electron chi connectivity index (χ2n) is 3.30. The third-order valence-corrected chi connectivity index (χ3v) is 2.90. The number of para-hydroxylation sites is 1. The lowest BCUT2D eigenvalue weighted by atomic mass is 10.2. The first kappa shape index (κ1) is 11.3. The van der Waals surface area contributed by atoms with Crippen LogP contribution in [0.25, 0.3) is 0 Å². The van der Waals surface area contributed by atoms with E-state index in [0.29, 0.717) is 16.7 Å². The Morgan fingerprint density at radius 1 is 0.812 bits per heavy atom. The molecule has 0 spiro atoms. The van der Waals surface area contributed by atoms with Gasteiger partial charge in [-0.05, 0) is 24.3 Å². The molecule has 16 heavy (non-hydrogen) atoms. The lowest BCUT2D eigenvalue weighted by molar-refractivity contribution is 0.306. The highest BCUT2D eigenvalue weighted by atomic mass is 35.5. The predicted molar refractivity (Wildman–Crippen MR) is 67.2 cm³/mol. The summed E-state index contributed by atoms with van der Waals surface area (Å²) in [5.41, 5.74) is 0.815. The molecular formula is C13H10Cl2O. The van der Waals surface area contributed by atoms with E-state index >= 15 is 0 Å². The number of rotatable bonds is 3. The van der Waals surface area contributed by atoms with Gasteiger partial charge in [-0.3, -0.25) is 0 Å². The monoisotopic (exact) mass is 252 g/mol. The molecule has 0 bridgehead atoms. The molecule has 3 heteroatoms. The largest absolute Gasteiger partial charge is 0.489 e. The van der Waals surface area contributed by atoms with Crippen molar-refractivity contribution in [2.24, 2.45) is 0 Å². The number of hydrogen-bond acceptors (Lipinski definition) is 1. The van der Waals surface area contributed by atoms with Crippen LogP contribution in [-0.2, 0) is 6.61 Å². The quantitative estimate of drug-likeness (QED) is 0.778. The average molecular weight is 253 g/mol. The minimum absolute atomic E-state index is 0.377. The van der Waals surface area contributed by atoms with Crippen LogP contribution in [0.5, 0.6) is 5.75 Å². The molecule has 0 radical (unpaired) electrons. The van der Waals surface area contributed by atoms with Crippen molar-refractivity contribution < 1.29 is 4.74 Å². The van der Waals surface area contributed by atoms with Gasteiger partial charge >= 0.3 is 0 Å². The molecule has 82 valence electrons. The van der Waals surface area contributed by atoms with Gasteiger partial charge in [0.05, 0.1) is 0 Å². The summed E-state index contributed by atoms with van der Waals surface area (Å²) in [6, 6.07) is 15.0. The summed E-state index contributed by atoms with van der Waals surface area (Å²) < 4.78 is 5.58. The molecule has 0 unspecified atom stereocenters. The van der Waals surface area contributed by atoms with Gasteiger partial charge in [-0.15, -0.1) is 0 Å². The van der Waals surface area contributed by atoms with Crippen molar-refractivity contribution >= 4 is 23.2 Å². The Morgan fingerprint density at radius 3 is 2.06 bits per heavy atom. The summed E-state index contributed by atoms with van der Waals surface area (Å²) in [7, 11) is 0. The van der Waals surface area contributed by atoms with E-state index in [-0.39, 0.29) is 0 Å². The highest BCUT2D eigenvalue weighted by molar-refractivity contribution is 6.35. The molecular weight excluding hydrogens is 243 g/mol. The van der Waals surface area contributed by atoms with Crippen LogP contribution in [0.2, 0.25) is 10.0 Å². The lowest BCUT2D eigenvalue weighted by Gasteiger charge is -2.09. The number of hydrogen-bond donors (Lipinski definition) is 0. The molecule has 0 atom stereocenters. The summed E-state index contributed by atoms with van der Waals surface area (Å²) >= 11 is 12.1. The predicted octanol–water partition coefficient (Wildman–Crippen LogP) is 4.57. The first-order valence-electron chi connectivity index (χ1n) is 4.88. The molecule has 1 nitrogen and oxygen atoms in total. The summed E-state index contributed by atoms with van der Waals surface area (Å²) in [6.45, 7) is 0.377. The molecule has 0 aliphatic heterocycles. The molecule has 2 aromatic carbocycles. The van der Waals surface area contributed by atoms with Gasteiger partial charge in [0.1, 0.15) is 12.4 Å². The van der Waals surface area contributed by atoms with E-state index in [4.69, 9.17) is 27.9 Å². The topological polar surface area (TPSA) is 9.23 Å². The van der Waals surface area contributed by atoms with Crippen molar-refractivity contribution in [2.75, 3.05) is 0 Å². The van der Waals surface area contributed by atoms with E-state index in [2.05, 4.69) is 0 Å². The van der Waals surface area contributed by atoms with Crippen LogP contribution in [0.4, 0.5) is 0 Å². The number of ether oxygens (including phenoxy) is 1. The molecule has 0 N–H and O–H groups in total. The van der Waals surface area contributed by atoms with E-state index in [0.717, 1.165) is 11.3 Å². The number of benzene rings is 2. The smallest absolute Gasteiger partial charge is 0.119 e. The van der Waals surface area contributed by atoms with E-state index < -0.39 is 0 Å². The van der Waals surface area contributed by atoms with Crippen molar-refractivity contribution in [3.63, 3.8) is 0 Å². The SMILES string of the molecule is Clc1cccc(Cl)c1COc1ccccc1. The molecule has 0 saturated carbocycles. The fourth-order valence-electron chi connectivity index (χ4n) is 1.34. The van der Waals surface area contributed by atoms with Crippen LogP contribution < -0.4 is 4.74 Å². The molecule has 2 aromatic rings. The van der Waals surface area contributed by atoms with E-state index in [1.165, 1.54) is 0 Å². The van der Waals surface area contributed by atoms with Gasteiger partial charge in [0.15, 0.2) is 0 Å². The van der Waals surface area contributed by atoms with Crippen LogP contribution in [0.3, 0.4) is 0 Å². The molecule has 0 amide bonds. The van der Waals surface area contributed by atoms with Gasteiger partial charge < -0.3 is 4.74 Å². The minimum atomic E-state index is 0.377. The zero-order chi connectivity index (χ0) is 11.4. The molecule has 0 aliphatic rings. The highest BCUT2D eigenvalue weighted by Gasteiger charge is 2.05. The highest BCUT2D eigenvalue weighted by Crippen LogP contribution is 2.25. The van der Waals surface area contributed by atoms with Crippen molar-refractivity contribution in [3.8, 4) is 5.75 Å². The molecule has 0 saturated heterocycles. The fourth-order valence-corrected chi connectivity index (χ4v) is 1.85. The number of halogens is 2. The standard InChI is InChI=1S/C13H10Cl2O/c14-12-7-4-8-13(15)11(12)9-16-10-5-2-1-3-6-10/h1-8H,9H2. The van der Waals surface area contributed by atoms with E-state index in [9.17, 15) is 0 Å². The summed E-state index contributed by atoms with van der Waals surface area (Å²) in [6.07, 6.45) is 0. The van der Waals surface area contributed by atoms with E-state index in [1.54, 1.807) is 12.1 Å². The maximum atomic E-state index is 6.03. The van der Waals surface area contributed by atoms with E-state index in [1.807, 2.05) is 36.4 Å². The third kappa shape index (κ3) is 2.69. The zero-order valence-electron chi connectivity index (χ0n) is 8.49. The second-order valence-corrected chi connectivity index (χ2v) is 4.12. The van der Waals surface area contributed by atoms with Gasteiger partial charge in [0.25, 0.3) is 0 Å². The summed E-state index contributed by atoms with van der Waals surface area (Å²) in [5.74, 6) is 0.804. The van der Waals surface area contributed by atoms with Crippen molar-refractivity contribution in [2.45, 2.75) is 6.61 Å². The molecule has 0 heterocycles. The second kappa shape index (κ2) is 5.24. The van der Waals surface area contributed by atoms with Gasteiger partial charge in [-0.25, -0.2) is 0 Å². The van der Waals surface area contributed by atoms with Crippen LogP contribution in [0.1, 0.15) is 5.56 Å². The molecule has 2 rings (SSSR count). The zero-order valence-corrected chi connectivity index (χ0v) is 10.0. The van der Waals surface area contributed by atoms with Crippen molar-refractivity contribution in [1.29, 1.82) is 0 Å². The molecule has 0 fully saturated rings. The Morgan fingerprint density at radius 2 is 1.44 bits per heavy atom. The van der Waals surface area contributed by atoms with Gasteiger partial charge in [0.2, 0.25) is 0 Å². The third-order valence-electron chi connectivity index (χ3n) is 2.19. The van der Waals surface area contributed by atoms with Crippen molar-refractivity contribution in [3.05, 3.63) is 64.1 Å². The van der Waals surface area contributed by atoms with Crippen molar-refractivity contribution in [1.82, 2.24) is 0 Å².